The van der Waals surface area contributed by atoms with E-state index in [1.807, 2.05) is 27.8 Å². The molecule has 108 valence electrons. The lowest BCUT2D eigenvalue weighted by Gasteiger charge is -2.22. The summed E-state index contributed by atoms with van der Waals surface area (Å²) in [4.78, 5) is 13.9. The maximum Gasteiger partial charge on any atom is 0.323 e. The molecule has 0 fully saturated rings. The van der Waals surface area contributed by atoms with Crippen LogP contribution in [0.1, 0.15) is 27.2 Å². The largest absolute Gasteiger partial charge is 0.465 e. The monoisotopic (exact) mass is 260 g/mol. The van der Waals surface area contributed by atoms with Crippen LogP contribution < -0.4 is 5.32 Å². The molecular weight excluding hydrogens is 232 g/mol. The molecule has 0 heterocycles. The summed E-state index contributed by atoms with van der Waals surface area (Å²) < 4.78 is 10.1. The summed E-state index contributed by atoms with van der Waals surface area (Å²) in [5.41, 5.74) is 0. The molecule has 18 heavy (non-hydrogen) atoms. The van der Waals surface area contributed by atoms with E-state index in [9.17, 15) is 4.79 Å². The van der Waals surface area contributed by atoms with Crippen molar-refractivity contribution in [2.75, 3.05) is 40.5 Å². The van der Waals surface area contributed by atoms with Crippen LogP contribution in [-0.2, 0) is 14.3 Å². The van der Waals surface area contributed by atoms with Crippen LogP contribution in [0.2, 0.25) is 0 Å². The minimum absolute atomic E-state index is 0.161. The second-order valence-corrected chi connectivity index (χ2v) is 4.71. The summed E-state index contributed by atoms with van der Waals surface area (Å²) in [7, 11) is 3.71. The van der Waals surface area contributed by atoms with Gasteiger partial charge in [-0.1, -0.05) is 13.8 Å². The molecule has 5 nitrogen and oxygen atoms in total. The molecular formula is C13H28N2O3. The fraction of sp³-hybridized carbons (Fsp3) is 0.923. The number of methoxy groups -OCH3 is 1. The van der Waals surface area contributed by atoms with Crippen molar-refractivity contribution >= 4 is 5.97 Å². The Kier molecular flexibility index (Phi) is 9.92. The molecule has 0 saturated carbocycles. The van der Waals surface area contributed by atoms with Gasteiger partial charge in [0.25, 0.3) is 0 Å². The van der Waals surface area contributed by atoms with Gasteiger partial charge in [0.05, 0.1) is 13.2 Å². The molecule has 0 aliphatic heterocycles. The average Bonchev–Trinajstić information content (AvgIpc) is 2.31. The Morgan fingerprint density at radius 1 is 1.33 bits per heavy atom. The number of carbonyl (C=O) groups is 1. The van der Waals surface area contributed by atoms with E-state index in [1.165, 1.54) is 0 Å². The van der Waals surface area contributed by atoms with Gasteiger partial charge in [0, 0.05) is 19.7 Å². The quantitative estimate of drug-likeness (QED) is 0.591. The second-order valence-electron chi connectivity index (χ2n) is 4.71. The molecule has 0 aromatic rings. The molecule has 5 heteroatoms. The zero-order valence-electron chi connectivity index (χ0n) is 12.4. The highest BCUT2D eigenvalue weighted by Gasteiger charge is 2.20. The van der Waals surface area contributed by atoms with E-state index in [0.29, 0.717) is 13.2 Å². The van der Waals surface area contributed by atoms with Gasteiger partial charge in [-0.05, 0) is 26.9 Å². The number of esters is 1. The molecule has 0 amide bonds. The van der Waals surface area contributed by atoms with Gasteiger partial charge in [0.15, 0.2) is 0 Å². The van der Waals surface area contributed by atoms with Crippen molar-refractivity contribution in [3.63, 3.8) is 0 Å². The molecule has 0 saturated heterocycles. The molecule has 0 aliphatic carbocycles. The van der Waals surface area contributed by atoms with Crippen LogP contribution in [0, 0.1) is 0 Å². The standard InChI is InChI=1S/C13H28N2O3/c1-6-18-13(16)12(14-11(2)3)7-8-15(4)9-10-17-5/h11-12,14H,6-10H2,1-5H3. The maximum atomic E-state index is 11.8. The minimum atomic E-state index is -0.227. The predicted octanol–water partition coefficient (Wildman–Crippen LogP) is 0.884. The fourth-order valence-electron chi connectivity index (χ4n) is 1.62. The normalized spacial score (nSPS) is 13.1. The van der Waals surface area contributed by atoms with Crippen LogP contribution in [0.25, 0.3) is 0 Å². The SMILES string of the molecule is CCOC(=O)C(CCN(C)CCOC)NC(C)C. The van der Waals surface area contributed by atoms with Crippen LogP contribution in [0.4, 0.5) is 0 Å². The van der Waals surface area contributed by atoms with E-state index in [0.717, 1.165) is 19.5 Å². The zero-order chi connectivity index (χ0) is 14.0. The molecule has 0 aromatic carbocycles. The van der Waals surface area contributed by atoms with Crippen molar-refractivity contribution in [1.82, 2.24) is 10.2 Å². The molecule has 0 aromatic heterocycles. The summed E-state index contributed by atoms with van der Waals surface area (Å²) in [5, 5.41) is 3.24. The third-order valence-corrected chi connectivity index (χ3v) is 2.58. The Morgan fingerprint density at radius 2 is 2.00 bits per heavy atom. The van der Waals surface area contributed by atoms with Gasteiger partial charge in [0.1, 0.15) is 6.04 Å². The number of ether oxygens (including phenoxy) is 2. The Bertz CT molecular complexity index is 222. The number of carbonyl (C=O) groups excluding carboxylic acids is 1. The van der Waals surface area contributed by atoms with E-state index in [-0.39, 0.29) is 18.1 Å². The van der Waals surface area contributed by atoms with Gasteiger partial charge in [-0.15, -0.1) is 0 Å². The topological polar surface area (TPSA) is 50.8 Å². The molecule has 0 bridgehead atoms. The summed E-state index contributed by atoms with van der Waals surface area (Å²) in [6.45, 7) is 8.73. The van der Waals surface area contributed by atoms with E-state index >= 15 is 0 Å². The molecule has 1 atom stereocenters. The average molecular weight is 260 g/mol. The Labute approximate surface area is 111 Å². The Hall–Kier alpha value is -0.650. The first-order valence-corrected chi connectivity index (χ1v) is 6.61. The molecule has 1 N–H and O–H groups in total. The van der Waals surface area contributed by atoms with Crippen molar-refractivity contribution in [3.8, 4) is 0 Å². The van der Waals surface area contributed by atoms with Crippen LogP contribution in [-0.4, -0.2) is 63.4 Å². The van der Waals surface area contributed by atoms with Crippen molar-refractivity contribution in [3.05, 3.63) is 0 Å². The lowest BCUT2D eigenvalue weighted by atomic mass is 10.1. The first-order valence-electron chi connectivity index (χ1n) is 6.61. The molecule has 0 radical (unpaired) electrons. The lowest BCUT2D eigenvalue weighted by Crippen LogP contribution is -2.44. The highest BCUT2D eigenvalue weighted by Crippen LogP contribution is 2.00. The number of hydrogen-bond acceptors (Lipinski definition) is 5. The first kappa shape index (κ1) is 17.4. The maximum absolute atomic E-state index is 11.8. The fourth-order valence-corrected chi connectivity index (χ4v) is 1.62. The van der Waals surface area contributed by atoms with E-state index in [1.54, 1.807) is 7.11 Å². The Morgan fingerprint density at radius 3 is 2.50 bits per heavy atom. The van der Waals surface area contributed by atoms with Gasteiger partial charge >= 0.3 is 5.97 Å². The molecule has 1 unspecified atom stereocenters. The van der Waals surface area contributed by atoms with Gasteiger partial charge in [-0.2, -0.15) is 0 Å². The second kappa shape index (κ2) is 10.3. The number of nitrogens with one attached hydrogen (secondary N) is 1. The highest BCUT2D eigenvalue weighted by molar-refractivity contribution is 5.75. The lowest BCUT2D eigenvalue weighted by molar-refractivity contribution is -0.146. The Balaban J connectivity index is 4.11. The summed E-state index contributed by atoms with van der Waals surface area (Å²) in [5.74, 6) is -0.161. The third kappa shape index (κ3) is 8.44. The van der Waals surface area contributed by atoms with Crippen LogP contribution in [0.5, 0.6) is 0 Å². The van der Waals surface area contributed by atoms with Gasteiger partial charge in [-0.25, -0.2) is 0 Å². The van der Waals surface area contributed by atoms with Crippen LogP contribution in [0.15, 0.2) is 0 Å². The smallest absolute Gasteiger partial charge is 0.323 e. The van der Waals surface area contributed by atoms with E-state index in [4.69, 9.17) is 9.47 Å². The third-order valence-electron chi connectivity index (χ3n) is 2.58. The highest BCUT2D eigenvalue weighted by atomic mass is 16.5. The number of likely N-dealkylation sites (N-methyl/N-ethyl adjacent to an activating group) is 1. The summed E-state index contributed by atoms with van der Waals surface area (Å²) >= 11 is 0. The van der Waals surface area contributed by atoms with Crippen LogP contribution in [0.3, 0.4) is 0 Å². The van der Waals surface area contributed by atoms with Crippen molar-refractivity contribution < 1.29 is 14.3 Å². The number of rotatable bonds is 10. The van der Waals surface area contributed by atoms with Gasteiger partial charge in [-0.3, -0.25) is 4.79 Å². The number of nitrogens with zero attached hydrogens (tertiary/aromatic N) is 1. The molecule has 0 spiro atoms. The van der Waals surface area contributed by atoms with Gasteiger partial charge < -0.3 is 19.7 Å². The summed E-state index contributed by atoms with van der Waals surface area (Å²) in [6, 6.07) is 0.0404. The van der Waals surface area contributed by atoms with E-state index < -0.39 is 0 Å². The van der Waals surface area contributed by atoms with Crippen LogP contribution >= 0.6 is 0 Å². The van der Waals surface area contributed by atoms with Gasteiger partial charge in [0.2, 0.25) is 0 Å². The minimum Gasteiger partial charge on any atom is -0.465 e. The number of hydrogen-bond donors (Lipinski definition) is 1. The predicted molar refractivity (Wildman–Crippen MR) is 72.7 cm³/mol. The van der Waals surface area contributed by atoms with Crippen molar-refractivity contribution in [2.24, 2.45) is 0 Å². The van der Waals surface area contributed by atoms with Crippen molar-refractivity contribution in [2.45, 2.75) is 39.3 Å². The molecule has 0 rings (SSSR count). The van der Waals surface area contributed by atoms with E-state index in [2.05, 4.69) is 10.2 Å². The van der Waals surface area contributed by atoms with Crippen molar-refractivity contribution in [1.29, 1.82) is 0 Å². The molecule has 0 aliphatic rings. The zero-order valence-corrected chi connectivity index (χ0v) is 12.4. The first-order chi connectivity index (χ1) is 8.51. The summed E-state index contributed by atoms with van der Waals surface area (Å²) in [6.07, 6.45) is 0.747.